The summed E-state index contributed by atoms with van der Waals surface area (Å²) >= 11 is 6.14. The first kappa shape index (κ1) is 15.6. The van der Waals surface area contributed by atoms with Crippen LogP contribution in [-0.4, -0.2) is 30.4 Å². The second-order valence-corrected chi connectivity index (χ2v) is 4.57. The van der Waals surface area contributed by atoms with Gasteiger partial charge in [-0.2, -0.15) is 0 Å². The Bertz CT molecular complexity index is 461. The average Bonchev–Trinajstić information content (AvgIpc) is 2.37. The third kappa shape index (κ3) is 3.52. The fraction of sp³-hybridized carbons (Fsp3) is 0.462. The fourth-order valence-corrected chi connectivity index (χ4v) is 2.08. The van der Waals surface area contributed by atoms with Crippen LogP contribution in [-0.2, 0) is 4.79 Å². The number of carboxylic acid groups (broad SMARTS) is 1. The zero-order chi connectivity index (χ0) is 14.6. The van der Waals surface area contributed by atoms with Crippen molar-refractivity contribution in [3.63, 3.8) is 0 Å². The molecule has 5 nitrogen and oxygen atoms in total. The number of halogens is 1. The summed E-state index contributed by atoms with van der Waals surface area (Å²) in [6.07, 6.45) is -0.900. The lowest BCUT2D eigenvalue weighted by atomic mass is 9.98. The monoisotopic (exact) mass is 288 g/mol. The Balaban J connectivity index is 3.04. The van der Waals surface area contributed by atoms with Gasteiger partial charge in [-0.1, -0.05) is 24.6 Å². The third-order valence-corrected chi connectivity index (χ3v) is 3.26. The number of benzene rings is 1. The van der Waals surface area contributed by atoms with E-state index in [1.54, 1.807) is 12.1 Å². The predicted molar refractivity (Wildman–Crippen MR) is 70.9 cm³/mol. The molecule has 106 valence electrons. The molecule has 1 aromatic carbocycles. The lowest BCUT2D eigenvalue weighted by Crippen LogP contribution is -2.14. The van der Waals surface area contributed by atoms with E-state index in [0.717, 1.165) is 0 Å². The maximum absolute atomic E-state index is 10.8. The molecule has 2 unspecified atom stereocenters. The molecule has 0 aliphatic heterocycles. The largest absolute Gasteiger partial charge is 0.493 e. The molecule has 0 saturated carbocycles. The van der Waals surface area contributed by atoms with Crippen molar-refractivity contribution in [1.29, 1.82) is 0 Å². The van der Waals surface area contributed by atoms with Gasteiger partial charge in [-0.25, -0.2) is 0 Å². The van der Waals surface area contributed by atoms with Crippen LogP contribution < -0.4 is 9.47 Å². The normalized spacial score (nSPS) is 13.7. The Kier molecular flexibility index (Phi) is 5.44. The van der Waals surface area contributed by atoms with Gasteiger partial charge < -0.3 is 19.7 Å². The highest BCUT2D eigenvalue weighted by molar-refractivity contribution is 6.33. The predicted octanol–water partition coefficient (Wildman–Crippen LogP) is 2.50. The van der Waals surface area contributed by atoms with Gasteiger partial charge in [0.05, 0.1) is 31.3 Å². The molecule has 1 rings (SSSR count). The highest BCUT2D eigenvalue weighted by atomic mass is 35.5. The number of carboxylic acids is 1. The summed E-state index contributed by atoms with van der Waals surface area (Å²) in [6, 6.07) is 3.22. The van der Waals surface area contributed by atoms with Gasteiger partial charge in [0.1, 0.15) is 0 Å². The Morgan fingerprint density at radius 1 is 1.37 bits per heavy atom. The summed E-state index contributed by atoms with van der Waals surface area (Å²) in [5.74, 6) is -0.853. The first-order valence-corrected chi connectivity index (χ1v) is 6.11. The quantitative estimate of drug-likeness (QED) is 0.841. The van der Waals surface area contributed by atoms with Crippen LogP contribution in [0, 0.1) is 5.92 Å². The molecule has 0 aromatic heterocycles. The topological polar surface area (TPSA) is 76.0 Å². The van der Waals surface area contributed by atoms with E-state index in [1.165, 1.54) is 21.1 Å². The second kappa shape index (κ2) is 6.63. The molecule has 0 amide bonds. The van der Waals surface area contributed by atoms with E-state index >= 15 is 0 Å². The molecule has 0 bridgehead atoms. The van der Waals surface area contributed by atoms with Crippen molar-refractivity contribution in [2.24, 2.45) is 5.92 Å². The standard InChI is InChI=1S/C13H17ClO5/c1-7(13(16)17)6-9(15)8-4-5-10(18-2)12(19-3)11(8)14/h4-5,7,9,15H,6H2,1-3H3,(H,16,17). The van der Waals surface area contributed by atoms with E-state index < -0.39 is 18.0 Å². The first-order valence-electron chi connectivity index (χ1n) is 5.73. The molecule has 2 N–H and O–H groups in total. The molecule has 19 heavy (non-hydrogen) atoms. The number of aliphatic hydroxyl groups excluding tert-OH is 1. The number of hydrogen-bond acceptors (Lipinski definition) is 4. The van der Waals surface area contributed by atoms with Gasteiger partial charge in [0.25, 0.3) is 0 Å². The van der Waals surface area contributed by atoms with Crippen molar-refractivity contribution < 1.29 is 24.5 Å². The Labute approximate surface area is 116 Å². The summed E-state index contributed by atoms with van der Waals surface area (Å²) < 4.78 is 10.2. The Morgan fingerprint density at radius 3 is 2.47 bits per heavy atom. The number of ether oxygens (including phenoxy) is 2. The molecule has 0 aliphatic carbocycles. The van der Waals surface area contributed by atoms with Crippen LogP contribution in [0.25, 0.3) is 0 Å². The van der Waals surface area contributed by atoms with Gasteiger partial charge in [-0.15, -0.1) is 0 Å². The summed E-state index contributed by atoms with van der Waals surface area (Å²) in [6.45, 7) is 1.53. The molecular formula is C13H17ClO5. The molecule has 0 saturated heterocycles. The average molecular weight is 289 g/mol. The van der Waals surface area contributed by atoms with Crippen molar-refractivity contribution in [3.05, 3.63) is 22.7 Å². The molecule has 0 heterocycles. The number of methoxy groups -OCH3 is 2. The zero-order valence-electron chi connectivity index (χ0n) is 11.0. The number of aliphatic hydroxyl groups is 1. The van der Waals surface area contributed by atoms with Crippen molar-refractivity contribution in [2.45, 2.75) is 19.4 Å². The van der Waals surface area contributed by atoms with Gasteiger partial charge in [0.15, 0.2) is 11.5 Å². The summed E-state index contributed by atoms with van der Waals surface area (Å²) in [5.41, 5.74) is 0.424. The van der Waals surface area contributed by atoms with Crippen LogP contribution in [0.15, 0.2) is 12.1 Å². The number of rotatable bonds is 6. The molecule has 1 aromatic rings. The summed E-state index contributed by atoms with van der Waals surface area (Å²) in [4.78, 5) is 10.8. The van der Waals surface area contributed by atoms with Crippen LogP contribution in [0.3, 0.4) is 0 Å². The van der Waals surface area contributed by atoms with E-state index in [9.17, 15) is 9.90 Å². The molecule has 0 radical (unpaired) electrons. The van der Waals surface area contributed by atoms with Crippen LogP contribution in [0.2, 0.25) is 5.02 Å². The minimum absolute atomic E-state index is 0.0739. The van der Waals surface area contributed by atoms with Gasteiger partial charge in [-0.05, 0) is 12.5 Å². The third-order valence-electron chi connectivity index (χ3n) is 2.87. The van der Waals surface area contributed by atoms with E-state index in [-0.39, 0.29) is 11.4 Å². The van der Waals surface area contributed by atoms with Gasteiger partial charge in [-0.3, -0.25) is 4.79 Å². The van der Waals surface area contributed by atoms with Gasteiger partial charge in [0, 0.05) is 5.56 Å². The van der Waals surface area contributed by atoms with Crippen LogP contribution in [0.1, 0.15) is 25.0 Å². The van der Waals surface area contributed by atoms with E-state index in [4.69, 9.17) is 26.2 Å². The van der Waals surface area contributed by atoms with E-state index in [1.807, 2.05) is 0 Å². The second-order valence-electron chi connectivity index (χ2n) is 4.20. The Hall–Kier alpha value is -1.46. The van der Waals surface area contributed by atoms with Gasteiger partial charge >= 0.3 is 5.97 Å². The van der Waals surface area contributed by atoms with Crippen LogP contribution in [0.5, 0.6) is 11.5 Å². The zero-order valence-corrected chi connectivity index (χ0v) is 11.8. The van der Waals surface area contributed by atoms with Crippen LogP contribution in [0.4, 0.5) is 0 Å². The van der Waals surface area contributed by atoms with Crippen molar-refractivity contribution in [1.82, 2.24) is 0 Å². The van der Waals surface area contributed by atoms with Crippen molar-refractivity contribution in [2.75, 3.05) is 14.2 Å². The number of carbonyl (C=O) groups is 1. The van der Waals surface area contributed by atoms with Crippen LogP contribution >= 0.6 is 11.6 Å². The number of aliphatic carboxylic acids is 1. The maximum Gasteiger partial charge on any atom is 0.306 e. The van der Waals surface area contributed by atoms with E-state index in [0.29, 0.717) is 17.1 Å². The smallest absolute Gasteiger partial charge is 0.306 e. The first-order chi connectivity index (χ1) is 8.92. The van der Waals surface area contributed by atoms with E-state index in [2.05, 4.69) is 0 Å². The summed E-state index contributed by atoms with van der Waals surface area (Å²) in [5, 5.41) is 19.1. The highest BCUT2D eigenvalue weighted by Crippen LogP contribution is 2.40. The highest BCUT2D eigenvalue weighted by Gasteiger charge is 2.22. The fourth-order valence-electron chi connectivity index (χ4n) is 1.72. The molecule has 2 atom stereocenters. The van der Waals surface area contributed by atoms with Crippen molar-refractivity contribution in [3.8, 4) is 11.5 Å². The Morgan fingerprint density at radius 2 is 2.00 bits per heavy atom. The SMILES string of the molecule is COc1ccc(C(O)CC(C)C(=O)O)c(Cl)c1OC. The summed E-state index contributed by atoms with van der Waals surface area (Å²) in [7, 11) is 2.93. The molecule has 0 aliphatic rings. The molecule has 0 spiro atoms. The molecule has 0 fully saturated rings. The minimum Gasteiger partial charge on any atom is -0.493 e. The lowest BCUT2D eigenvalue weighted by molar-refractivity contribution is -0.142. The number of hydrogen-bond donors (Lipinski definition) is 2. The molecule has 6 heteroatoms. The lowest BCUT2D eigenvalue weighted by Gasteiger charge is -2.18. The van der Waals surface area contributed by atoms with Crippen molar-refractivity contribution >= 4 is 17.6 Å². The minimum atomic E-state index is -0.974. The molecular weight excluding hydrogens is 272 g/mol. The van der Waals surface area contributed by atoms with Gasteiger partial charge in [0.2, 0.25) is 0 Å². The maximum atomic E-state index is 10.8.